The van der Waals surface area contributed by atoms with Crippen LogP contribution in [-0.4, -0.2) is 18.5 Å². The van der Waals surface area contributed by atoms with Crippen molar-refractivity contribution in [3.8, 4) is 5.75 Å². The fourth-order valence-electron chi connectivity index (χ4n) is 1.70. The average molecular weight is 313 g/mol. The van der Waals surface area contributed by atoms with Crippen LogP contribution in [0.15, 0.2) is 24.3 Å². The van der Waals surface area contributed by atoms with Gasteiger partial charge in [-0.05, 0) is 24.6 Å². The van der Waals surface area contributed by atoms with Crippen molar-refractivity contribution >= 4 is 23.5 Å². The largest absolute Gasteiger partial charge is 0.466 e. The van der Waals surface area contributed by atoms with E-state index in [2.05, 4.69) is 6.92 Å². The van der Waals surface area contributed by atoms with E-state index in [1.807, 2.05) is 0 Å². The minimum atomic E-state index is -0.472. The molecule has 1 aromatic rings. The van der Waals surface area contributed by atoms with Crippen LogP contribution < -0.4 is 4.74 Å². The average Bonchev–Trinajstić information content (AvgIpc) is 2.45. The van der Waals surface area contributed by atoms with Crippen LogP contribution in [0.3, 0.4) is 0 Å². The SMILES string of the molecule is CCCCCCOC(=O)CCC(=O)Oc1cccc(Cl)c1. The number of hydrogen-bond donors (Lipinski definition) is 0. The van der Waals surface area contributed by atoms with Gasteiger partial charge in [0.1, 0.15) is 5.75 Å². The fraction of sp³-hybridized carbons (Fsp3) is 0.500. The molecule has 0 aromatic heterocycles. The van der Waals surface area contributed by atoms with Gasteiger partial charge in [-0.25, -0.2) is 0 Å². The van der Waals surface area contributed by atoms with Crippen molar-refractivity contribution in [2.75, 3.05) is 6.61 Å². The molecule has 0 amide bonds. The lowest BCUT2D eigenvalue weighted by Crippen LogP contribution is -2.12. The number of rotatable bonds is 9. The number of unbranched alkanes of at least 4 members (excludes halogenated alkanes) is 3. The van der Waals surface area contributed by atoms with E-state index in [-0.39, 0.29) is 18.8 Å². The molecule has 0 saturated heterocycles. The maximum Gasteiger partial charge on any atom is 0.311 e. The molecule has 0 N–H and O–H groups in total. The van der Waals surface area contributed by atoms with Crippen LogP contribution in [0.5, 0.6) is 5.75 Å². The smallest absolute Gasteiger partial charge is 0.311 e. The van der Waals surface area contributed by atoms with Gasteiger partial charge in [0.25, 0.3) is 0 Å². The third-order valence-electron chi connectivity index (χ3n) is 2.82. The Bertz CT molecular complexity index is 459. The number of benzene rings is 1. The first kappa shape index (κ1) is 17.5. The predicted octanol–water partition coefficient (Wildman–Crippen LogP) is 4.15. The Morgan fingerprint density at radius 2 is 1.86 bits per heavy atom. The van der Waals surface area contributed by atoms with E-state index in [0.29, 0.717) is 17.4 Å². The Labute approximate surface area is 130 Å². The van der Waals surface area contributed by atoms with E-state index in [4.69, 9.17) is 21.1 Å². The Morgan fingerprint density at radius 3 is 2.57 bits per heavy atom. The third-order valence-corrected chi connectivity index (χ3v) is 3.06. The second kappa shape index (κ2) is 10.2. The second-order valence-electron chi connectivity index (χ2n) is 4.71. The maximum absolute atomic E-state index is 11.6. The molecular weight excluding hydrogens is 292 g/mol. The van der Waals surface area contributed by atoms with Crippen LogP contribution in [0, 0.1) is 0 Å². The zero-order valence-corrected chi connectivity index (χ0v) is 13.0. The third kappa shape index (κ3) is 8.35. The molecule has 0 radical (unpaired) electrons. The van der Waals surface area contributed by atoms with E-state index >= 15 is 0 Å². The van der Waals surface area contributed by atoms with E-state index < -0.39 is 5.97 Å². The molecule has 5 heteroatoms. The zero-order chi connectivity index (χ0) is 15.5. The van der Waals surface area contributed by atoms with E-state index in [0.717, 1.165) is 25.7 Å². The number of hydrogen-bond acceptors (Lipinski definition) is 4. The Hall–Kier alpha value is -1.55. The predicted molar refractivity (Wildman–Crippen MR) is 81.4 cm³/mol. The molecule has 0 unspecified atom stereocenters. The Morgan fingerprint density at radius 1 is 1.10 bits per heavy atom. The highest BCUT2D eigenvalue weighted by molar-refractivity contribution is 6.30. The van der Waals surface area contributed by atoms with Crippen LogP contribution in [-0.2, 0) is 14.3 Å². The monoisotopic (exact) mass is 312 g/mol. The van der Waals surface area contributed by atoms with Crippen LogP contribution in [0.1, 0.15) is 45.4 Å². The molecular formula is C16H21ClO4. The standard InChI is InChI=1S/C16H21ClO4/c1-2-3-4-5-11-20-15(18)9-10-16(19)21-14-8-6-7-13(17)12-14/h6-8,12H,2-5,9-11H2,1H3. The van der Waals surface area contributed by atoms with Gasteiger partial charge in [0.05, 0.1) is 19.4 Å². The first-order valence-corrected chi connectivity index (χ1v) is 7.61. The van der Waals surface area contributed by atoms with Gasteiger partial charge in [-0.2, -0.15) is 0 Å². The summed E-state index contributed by atoms with van der Waals surface area (Å²) in [6.45, 7) is 2.54. The van der Waals surface area contributed by atoms with Gasteiger partial charge >= 0.3 is 11.9 Å². The lowest BCUT2D eigenvalue weighted by Gasteiger charge is -2.05. The fourth-order valence-corrected chi connectivity index (χ4v) is 1.88. The van der Waals surface area contributed by atoms with Gasteiger partial charge in [0.2, 0.25) is 0 Å². The number of ether oxygens (including phenoxy) is 2. The van der Waals surface area contributed by atoms with Crippen LogP contribution >= 0.6 is 11.6 Å². The topological polar surface area (TPSA) is 52.6 Å². The molecule has 0 aliphatic heterocycles. The van der Waals surface area contributed by atoms with Crippen molar-refractivity contribution in [2.24, 2.45) is 0 Å². The summed E-state index contributed by atoms with van der Waals surface area (Å²) in [5, 5.41) is 0.492. The van der Waals surface area contributed by atoms with Gasteiger partial charge in [-0.1, -0.05) is 43.9 Å². The number of halogens is 1. The Balaban J connectivity index is 2.16. The molecule has 0 spiro atoms. The van der Waals surface area contributed by atoms with Crippen molar-refractivity contribution in [3.63, 3.8) is 0 Å². The summed E-state index contributed by atoms with van der Waals surface area (Å²) in [7, 11) is 0. The molecule has 1 aromatic carbocycles. The summed E-state index contributed by atoms with van der Waals surface area (Å²) in [6, 6.07) is 6.56. The maximum atomic E-state index is 11.6. The molecule has 0 aliphatic rings. The van der Waals surface area contributed by atoms with Crippen molar-refractivity contribution < 1.29 is 19.1 Å². The molecule has 4 nitrogen and oxygen atoms in total. The van der Waals surface area contributed by atoms with Gasteiger partial charge in [0, 0.05) is 5.02 Å². The highest BCUT2D eigenvalue weighted by Crippen LogP contribution is 2.17. The quantitative estimate of drug-likeness (QED) is 0.390. The molecule has 0 aliphatic carbocycles. The highest BCUT2D eigenvalue weighted by Gasteiger charge is 2.10. The second-order valence-corrected chi connectivity index (χ2v) is 5.15. The minimum Gasteiger partial charge on any atom is -0.466 e. The molecule has 1 rings (SSSR count). The van der Waals surface area contributed by atoms with Crippen LogP contribution in [0.25, 0.3) is 0 Å². The zero-order valence-electron chi connectivity index (χ0n) is 12.3. The Kier molecular flexibility index (Phi) is 8.51. The number of esters is 2. The molecule has 0 fully saturated rings. The normalized spacial score (nSPS) is 10.2. The van der Waals surface area contributed by atoms with E-state index in [1.165, 1.54) is 0 Å². The van der Waals surface area contributed by atoms with Crippen molar-refractivity contribution in [1.82, 2.24) is 0 Å². The van der Waals surface area contributed by atoms with Crippen molar-refractivity contribution in [3.05, 3.63) is 29.3 Å². The minimum absolute atomic E-state index is 0.000304. The van der Waals surface area contributed by atoms with Gasteiger partial charge in [-0.15, -0.1) is 0 Å². The van der Waals surface area contributed by atoms with Crippen LogP contribution in [0.2, 0.25) is 5.02 Å². The number of carbonyl (C=O) groups excluding carboxylic acids is 2. The van der Waals surface area contributed by atoms with Gasteiger partial charge < -0.3 is 9.47 Å². The first-order chi connectivity index (χ1) is 10.1. The molecule has 0 heterocycles. The highest BCUT2D eigenvalue weighted by atomic mass is 35.5. The summed E-state index contributed by atoms with van der Waals surface area (Å²) in [5.74, 6) is -0.463. The number of carbonyl (C=O) groups is 2. The summed E-state index contributed by atoms with van der Waals surface area (Å²) >= 11 is 5.78. The lowest BCUT2D eigenvalue weighted by molar-refractivity contribution is -0.147. The summed E-state index contributed by atoms with van der Waals surface area (Å²) in [5.41, 5.74) is 0. The molecule has 21 heavy (non-hydrogen) atoms. The molecule has 0 saturated carbocycles. The molecule has 0 atom stereocenters. The van der Waals surface area contributed by atoms with Crippen LogP contribution in [0.4, 0.5) is 0 Å². The summed E-state index contributed by atoms with van der Waals surface area (Å²) < 4.78 is 10.1. The summed E-state index contributed by atoms with van der Waals surface area (Å²) in [6.07, 6.45) is 4.24. The van der Waals surface area contributed by atoms with E-state index in [1.54, 1.807) is 24.3 Å². The van der Waals surface area contributed by atoms with Gasteiger partial charge in [0.15, 0.2) is 0 Å². The van der Waals surface area contributed by atoms with E-state index in [9.17, 15) is 9.59 Å². The summed E-state index contributed by atoms with van der Waals surface area (Å²) in [4.78, 5) is 23.0. The van der Waals surface area contributed by atoms with Gasteiger partial charge in [-0.3, -0.25) is 9.59 Å². The first-order valence-electron chi connectivity index (χ1n) is 7.23. The van der Waals surface area contributed by atoms with Crippen molar-refractivity contribution in [2.45, 2.75) is 45.4 Å². The van der Waals surface area contributed by atoms with Crippen molar-refractivity contribution in [1.29, 1.82) is 0 Å². The molecule has 0 bridgehead atoms. The molecule has 116 valence electrons. The lowest BCUT2D eigenvalue weighted by atomic mass is 10.2.